The van der Waals surface area contributed by atoms with Crippen molar-refractivity contribution in [3.8, 4) is 0 Å². The lowest BCUT2D eigenvalue weighted by atomic mass is 10.2. The average Bonchev–Trinajstić information content (AvgIpc) is 1.89. The molecule has 0 aliphatic heterocycles. The molecule has 0 aliphatic carbocycles. The van der Waals surface area contributed by atoms with Crippen LogP contribution in [0, 0.1) is 0 Å². The highest BCUT2D eigenvalue weighted by Crippen LogP contribution is 2.13. The quantitative estimate of drug-likeness (QED) is 0.297. The first-order valence-electron chi connectivity index (χ1n) is 3.56. The largest absolute Gasteiger partial charge is 0.103 e. The van der Waals surface area contributed by atoms with Crippen LogP contribution in [0.15, 0.2) is 12.7 Å². The number of allylic oxidation sites excluding steroid dienone is 1. The molecule has 0 aliphatic rings. The van der Waals surface area contributed by atoms with Crippen molar-refractivity contribution in [3.05, 3.63) is 12.7 Å². The zero-order valence-electron chi connectivity index (χ0n) is 6.07. The Labute approximate surface area is 71.9 Å². The van der Waals surface area contributed by atoms with Crippen LogP contribution < -0.4 is 0 Å². The number of hydrogen-bond acceptors (Lipinski definition) is 0. The summed E-state index contributed by atoms with van der Waals surface area (Å²) in [6.07, 6.45) is 7.14. The minimum Gasteiger partial charge on any atom is -0.103 e. The number of alkyl halides is 1. The van der Waals surface area contributed by atoms with Gasteiger partial charge in [0.25, 0.3) is 0 Å². The Balaban J connectivity index is 2.96. The van der Waals surface area contributed by atoms with Gasteiger partial charge in [-0.15, -0.1) is 6.58 Å². The summed E-state index contributed by atoms with van der Waals surface area (Å²) in [6, 6.07) is 0. The van der Waals surface area contributed by atoms with E-state index in [4.69, 9.17) is 0 Å². The molecule has 0 N–H and O–H groups in total. The Bertz CT molecular complexity index is 69.0. The molecule has 0 aromatic rings. The second-order valence-corrected chi connectivity index (χ2v) is 3.99. The monoisotopic (exact) mass is 238 g/mol. The van der Waals surface area contributed by atoms with Gasteiger partial charge in [0.15, 0.2) is 0 Å². The maximum Gasteiger partial charge on any atom is 0.0107 e. The molecule has 1 unspecified atom stereocenters. The normalized spacial score (nSPS) is 13.1. The van der Waals surface area contributed by atoms with Crippen LogP contribution in [0.25, 0.3) is 0 Å². The van der Waals surface area contributed by atoms with Gasteiger partial charge in [0.05, 0.1) is 0 Å². The lowest BCUT2D eigenvalue weighted by molar-refractivity contribution is 0.709. The molecular formula is C8H15I. The third-order valence-electron chi connectivity index (χ3n) is 1.37. The number of rotatable bonds is 5. The number of unbranched alkanes of at least 4 members (excludes halogenated alkanes) is 1. The van der Waals surface area contributed by atoms with Crippen molar-refractivity contribution in [1.82, 2.24) is 0 Å². The van der Waals surface area contributed by atoms with Crippen molar-refractivity contribution in [2.75, 3.05) is 0 Å². The highest BCUT2D eigenvalue weighted by Gasteiger charge is 1.97. The van der Waals surface area contributed by atoms with Gasteiger partial charge in [-0.25, -0.2) is 0 Å². The molecule has 0 aromatic carbocycles. The van der Waals surface area contributed by atoms with Gasteiger partial charge in [-0.05, 0) is 25.7 Å². The minimum absolute atomic E-state index is 0.877. The lowest BCUT2D eigenvalue weighted by Crippen LogP contribution is -1.92. The molecule has 0 amide bonds. The van der Waals surface area contributed by atoms with Crippen LogP contribution in [0.4, 0.5) is 0 Å². The predicted octanol–water partition coefficient (Wildman–Crippen LogP) is 3.56. The topological polar surface area (TPSA) is 0 Å². The number of hydrogen-bond donors (Lipinski definition) is 0. The molecule has 0 saturated heterocycles. The van der Waals surface area contributed by atoms with E-state index in [0.29, 0.717) is 0 Å². The van der Waals surface area contributed by atoms with Gasteiger partial charge in [-0.2, -0.15) is 0 Å². The van der Waals surface area contributed by atoms with Crippen LogP contribution >= 0.6 is 22.6 Å². The zero-order chi connectivity index (χ0) is 7.11. The molecule has 9 heavy (non-hydrogen) atoms. The minimum atomic E-state index is 0.877. The Morgan fingerprint density at radius 2 is 2.33 bits per heavy atom. The summed E-state index contributed by atoms with van der Waals surface area (Å²) < 4.78 is 0.877. The fourth-order valence-corrected chi connectivity index (χ4v) is 1.13. The van der Waals surface area contributed by atoms with Gasteiger partial charge in [-0.1, -0.05) is 35.6 Å². The Morgan fingerprint density at radius 3 is 2.78 bits per heavy atom. The molecule has 1 atom stereocenters. The zero-order valence-corrected chi connectivity index (χ0v) is 8.23. The van der Waals surface area contributed by atoms with E-state index >= 15 is 0 Å². The van der Waals surface area contributed by atoms with Crippen LogP contribution in [-0.2, 0) is 0 Å². The molecule has 0 bridgehead atoms. The van der Waals surface area contributed by atoms with E-state index in [0.717, 1.165) is 3.92 Å². The summed E-state index contributed by atoms with van der Waals surface area (Å²) in [5.74, 6) is 0. The number of halogens is 1. The Hall–Kier alpha value is 0.470. The van der Waals surface area contributed by atoms with Crippen molar-refractivity contribution in [3.63, 3.8) is 0 Å². The van der Waals surface area contributed by atoms with Gasteiger partial charge in [0.1, 0.15) is 0 Å². The summed E-state index contributed by atoms with van der Waals surface area (Å²) in [5, 5.41) is 0. The van der Waals surface area contributed by atoms with Crippen molar-refractivity contribution in [2.24, 2.45) is 0 Å². The van der Waals surface area contributed by atoms with Gasteiger partial charge in [0.2, 0.25) is 0 Å². The molecule has 54 valence electrons. The van der Waals surface area contributed by atoms with Crippen molar-refractivity contribution in [1.29, 1.82) is 0 Å². The van der Waals surface area contributed by atoms with Crippen LogP contribution in [-0.4, -0.2) is 3.92 Å². The Morgan fingerprint density at radius 1 is 1.67 bits per heavy atom. The maximum absolute atomic E-state index is 3.68. The first kappa shape index (κ1) is 9.47. The summed E-state index contributed by atoms with van der Waals surface area (Å²) in [5.41, 5.74) is 0. The Kier molecular flexibility index (Phi) is 6.93. The van der Waals surface area contributed by atoms with Crippen LogP contribution in [0.2, 0.25) is 0 Å². The van der Waals surface area contributed by atoms with Crippen molar-refractivity contribution < 1.29 is 0 Å². The van der Waals surface area contributed by atoms with E-state index in [-0.39, 0.29) is 0 Å². The van der Waals surface area contributed by atoms with E-state index in [1.807, 2.05) is 6.08 Å². The third-order valence-corrected chi connectivity index (χ3v) is 2.87. The second-order valence-electron chi connectivity index (χ2n) is 2.23. The van der Waals surface area contributed by atoms with E-state index in [2.05, 4.69) is 36.1 Å². The molecule has 1 heteroatoms. The van der Waals surface area contributed by atoms with Gasteiger partial charge < -0.3 is 0 Å². The van der Waals surface area contributed by atoms with Gasteiger partial charge >= 0.3 is 0 Å². The van der Waals surface area contributed by atoms with Gasteiger partial charge in [0, 0.05) is 3.92 Å². The fraction of sp³-hybridized carbons (Fsp3) is 0.750. The molecule has 0 nitrogen and oxygen atoms in total. The maximum atomic E-state index is 3.68. The molecular weight excluding hydrogens is 223 g/mol. The fourth-order valence-electron chi connectivity index (χ4n) is 0.688. The highest BCUT2D eigenvalue weighted by molar-refractivity contribution is 14.1. The molecule has 0 radical (unpaired) electrons. The van der Waals surface area contributed by atoms with E-state index < -0.39 is 0 Å². The van der Waals surface area contributed by atoms with Crippen molar-refractivity contribution in [2.45, 2.75) is 36.5 Å². The average molecular weight is 238 g/mol. The molecule has 0 fully saturated rings. The molecule has 0 rings (SSSR count). The summed E-state index contributed by atoms with van der Waals surface area (Å²) in [6.45, 7) is 5.92. The lowest BCUT2D eigenvalue weighted by Gasteiger charge is -2.02. The standard InChI is InChI=1S/C8H15I/c1-3-5-6-7-8(9)4-2/h3,8H,1,4-7H2,2H3. The van der Waals surface area contributed by atoms with E-state index in [1.165, 1.54) is 25.7 Å². The summed E-state index contributed by atoms with van der Waals surface area (Å²) >= 11 is 2.51. The molecule has 0 heterocycles. The SMILES string of the molecule is C=CCCCC(I)CC. The third kappa shape index (κ3) is 6.35. The van der Waals surface area contributed by atoms with Crippen LogP contribution in [0.5, 0.6) is 0 Å². The first-order valence-corrected chi connectivity index (χ1v) is 4.80. The second kappa shape index (κ2) is 6.59. The van der Waals surface area contributed by atoms with Crippen LogP contribution in [0.1, 0.15) is 32.6 Å². The van der Waals surface area contributed by atoms with Gasteiger partial charge in [-0.3, -0.25) is 0 Å². The van der Waals surface area contributed by atoms with Crippen LogP contribution in [0.3, 0.4) is 0 Å². The smallest absolute Gasteiger partial charge is 0.0107 e. The highest BCUT2D eigenvalue weighted by atomic mass is 127. The summed E-state index contributed by atoms with van der Waals surface area (Å²) in [7, 11) is 0. The predicted molar refractivity (Wildman–Crippen MR) is 52.1 cm³/mol. The van der Waals surface area contributed by atoms with E-state index in [1.54, 1.807) is 0 Å². The summed E-state index contributed by atoms with van der Waals surface area (Å²) in [4.78, 5) is 0. The molecule has 0 spiro atoms. The molecule has 0 saturated carbocycles. The molecule has 0 aromatic heterocycles. The first-order chi connectivity index (χ1) is 4.31. The van der Waals surface area contributed by atoms with E-state index in [9.17, 15) is 0 Å². The van der Waals surface area contributed by atoms with Crippen molar-refractivity contribution >= 4 is 22.6 Å².